The van der Waals surface area contributed by atoms with Crippen LogP contribution in [0.3, 0.4) is 0 Å². The Hall–Kier alpha value is -0.350. The molecule has 0 bridgehead atoms. The molecule has 0 amide bonds. The van der Waals surface area contributed by atoms with Crippen LogP contribution in [0.1, 0.15) is 0 Å². The molecule has 0 saturated carbocycles. The standard InChI is InChI=1S/C5H9BrN2O/c1-8-2-4(3-9)5(6)7/h2,7-9H,3H2,1H3/b4-2-,7-5?. The second-order valence-corrected chi connectivity index (χ2v) is 2.22. The molecule has 3 N–H and O–H groups in total. The van der Waals surface area contributed by atoms with Crippen molar-refractivity contribution in [3.8, 4) is 0 Å². The van der Waals surface area contributed by atoms with Gasteiger partial charge in [-0.25, -0.2) is 0 Å². The second-order valence-electron chi connectivity index (χ2n) is 1.43. The summed E-state index contributed by atoms with van der Waals surface area (Å²) in [5.41, 5.74) is 0.539. The topological polar surface area (TPSA) is 56.1 Å². The molecule has 0 fully saturated rings. The van der Waals surface area contributed by atoms with Gasteiger partial charge in [-0.2, -0.15) is 0 Å². The smallest absolute Gasteiger partial charge is 0.104 e. The van der Waals surface area contributed by atoms with Crippen LogP contribution in [0.4, 0.5) is 0 Å². The van der Waals surface area contributed by atoms with Crippen molar-refractivity contribution in [1.29, 1.82) is 5.41 Å². The highest BCUT2D eigenvalue weighted by Gasteiger charge is 1.96. The van der Waals surface area contributed by atoms with Crippen molar-refractivity contribution in [1.82, 2.24) is 5.32 Å². The summed E-state index contributed by atoms with van der Waals surface area (Å²) >= 11 is 2.92. The van der Waals surface area contributed by atoms with Crippen LogP contribution in [0, 0.1) is 5.41 Å². The number of nitrogens with one attached hydrogen (secondary N) is 2. The lowest BCUT2D eigenvalue weighted by molar-refractivity contribution is 0.337. The SMILES string of the molecule is CN/C=C(/CO)C(=N)Br. The Bertz CT molecular complexity index is 133. The largest absolute Gasteiger partial charge is 0.394 e. The Kier molecular flexibility index (Phi) is 4.35. The molecule has 0 aliphatic rings. The Balaban J connectivity index is 3.98. The van der Waals surface area contributed by atoms with E-state index < -0.39 is 0 Å². The minimum absolute atomic E-state index is 0.120. The second kappa shape index (κ2) is 4.52. The van der Waals surface area contributed by atoms with Gasteiger partial charge in [-0.15, -0.1) is 0 Å². The first-order chi connectivity index (χ1) is 4.22. The highest BCUT2D eigenvalue weighted by Crippen LogP contribution is 1.99. The zero-order chi connectivity index (χ0) is 7.28. The fraction of sp³-hybridized carbons (Fsp3) is 0.400. The maximum absolute atomic E-state index is 8.55. The normalized spacial score (nSPS) is 11.2. The number of halogens is 1. The number of rotatable bonds is 3. The zero-order valence-corrected chi connectivity index (χ0v) is 6.70. The molecule has 4 heteroatoms. The highest BCUT2D eigenvalue weighted by molar-refractivity contribution is 9.18. The molecule has 0 spiro atoms. The number of hydrogen-bond acceptors (Lipinski definition) is 3. The van der Waals surface area contributed by atoms with Gasteiger partial charge in [0.05, 0.1) is 6.61 Å². The van der Waals surface area contributed by atoms with Crippen molar-refractivity contribution >= 4 is 20.6 Å². The van der Waals surface area contributed by atoms with E-state index in [4.69, 9.17) is 10.5 Å². The van der Waals surface area contributed by atoms with Gasteiger partial charge < -0.3 is 10.4 Å². The van der Waals surface area contributed by atoms with Crippen molar-refractivity contribution in [2.24, 2.45) is 0 Å². The minimum Gasteiger partial charge on any atom is -0.394 e. The van der Waals surface area contributed by atoms with Gasteiger partial charge in [0.15, 0.2) is 0 Å². The third-order valence-electron chi connectivity index (χ3n) is 0.771. The molecule has 0 heterocycles. The van der Waals surface area contributed by atoms with Gasteiger partial charge in [0.2, 0.25) is 0 Å². The third kappa shape index (κ3) is 3.26. The molecule has 52 valence electrons. The minimum atomic E-state index is -0.120. The fourth-order valence-corrected chi connectivity index (χ4v) is 0.592. The van der Waals surface area contributed by atoms with Crippen LogP contribution in [0.2, 0.25) is 0 Å². The lowest BCUT2D eigenvalue weighted by Crippen LogP contribution is -2.04. The van der Waals surface area contributed by atoms with E-state index in [1.807, 2.05) is 0 Å². The zero-order valence-electron chi connectivity index (χ0n) is 5.11. The first-order valence-electron chi connectivity index (χ1n) is 2.44. The van der Waals surface area contributed by atoms with Crippen LogP contribution < -0.4 is 5.32 Å². The molecule has 0 saturated heterocycles. The Morgan fingerprint density at radius 2 is 2.44 bits per heavy atom. The summed E-state index contributed by atoms with van der Waals surface area (Å²) in [4.78, 5) is 0. The van der Waals surface area contributed by atoms with Gasteiger partial charge in [-0.3, -0.25) is 5.41 Å². The Morgan fingerprint density at radius 3 is 2.56 bits per heavy atom. The molecule has 0 unspecified atom stereocenters. The van der Waals surface area contributed by atoms with Crippen LogP contribution in [0.15, 0.2) is 11.8 Å². The van der Waals surface area contributed by atoms with Crippen molar-refractivity contribution in [3.63, 3.8) is 0 Å². The van der Waals surface area contributed by atoms with Crippen LogP contribution in [-0.2, 0) is 0 Å². The monoisotopic (exact) mass is 192 g/mol. The molecule has 9 heavy (non-hydrogen) atoms. The first-order valence-corrected chi connectivity index (χ1v) is 3.23. The van der Waals surface area contributed by atoms with Gasteiger partial charge in [0, 0.05) is 18.8 Å². The van der Waals surface area contributed by atoms with E-state index in [2.05, 4.69) is 21.2 Å². The van der Waals surface area contributed by atoms with E-state index in [1.54, 1.807) is 13.2 Å². The van der Waals surface area contributed by atoms with Gasteiger partial charge >= 0.3 is 0 Å². The van der Waals surface area contributed by atoms with Gasteiger partial charge in [0.25, 0.3) is 0 Å². The van der Waals surface area contributed by atoms with Gasteiger partial charge in [-0.1, -0.05) is 0 Å². The summed E-state index contributed by atoms with van der Waals surface area (Å²) in [5.74, 6) is 0. The van der Waals surface area contributed by atoms with Crippen molar-refractivity contribution in [2.75, 3.05) is 13.7 Å². The summed E-state index contributed by atoms with van der Waals surface area (Å²) in [7, 11) is 1.71. The van der Waals surface area contributed by atoms with Gasteiger partial charge in [-0.05, 0) is 15.9 Å². The maximum atomic E-state index is 8.55. The van der Waals surface area contributed by atoms with Crippen molar-refractivity contribution in [3.05, 3.63) is 11.8 Å². The molecule has 0 aliphatic heterocycles. The van der Waals surface area contributed by atoms with Crippen LogP contribution >= 0.6 is 15.9 Å². The molecular weight excluding hydrogens is 184 g/mol. The van der Waals surface area contributed by atoms with Crippen LogP contribution in [-0.4, -0.2) is 23.4 Å². The van der Waals surface area contributed by atoms with Crippen LogP contribution in [0.25, 0.3) is 0 Å². The molecule has 0 aromatic carbocycles. The molecule has 0 rings (SSSR count). The fourth-order valence-electron chi connectivity index (χ4n) is 0.353. The summed E-state index contributed by atoms with van der Waals surface area (Å²) in [6.45, 7) is -0.120. The Morgan fingerprint density at radius 1 is 1.89 bits per heavy atom. The maximum Gasteiger partial charge on any atom is 0.104 e. The summed E-state index contributed by atoms with van der Waals surface area (Å²) in [6, 6.07) is 0. The van der Waals surface area contributed by atoms with Crippen molar-refractivity contribution < 1.29 is 5.11 Å². The average molecular weight is 193 g/mol. The predicted molar refractivity (Wildman–Crippen MR) is 40.9 cm³/mol. The van der Waals surface area contributed by atoms with E-state index >= 15 is 0 Å². The highest BCUT2D eigenvalue weighted by atomic mass is 79.9. The molecule has 0 aromatic rings. The Labute approximate surface area is 62.4 Å². The van der Waals surface area contributed by atoms with E-state index in [1.165, 1.54) is 0 Å². The molecule has 0 radical (unpaired) electrons. The molecule has 0 aliphatic carbocycles. The number of aliphatic hydroxyl groups excluding tert-OH is 1. The molecule has 0 atom stereocenters. The number of hydrogen-bond donors (Lipinski definition) is 3. The molecule has 0 aromatic heterocycles. The summed E-state index contributed by atoms with van der Waals surface area (Å²) < 4.78 is 0.208. The van der Waals surface area contributed by atoms with Gasteiger partial charge in [0.1, 0.15) is 4.62 Å². The molecule has 3 nitrogen and oxygen atoms in total. The van der Waals surface area contributed by atoms with E-state index in [0.29, 0.717) is 5.57 Å². The molecular formula is C5H9BrN2O. The average Bonchev–Trinajstić information content (AvgIpc) is 1.82. The van der Waals surface area contributed by atoms with Crippen LogP contribution in [0.5, 0.6) is 0 Å². The van der Waals surface area contributed by atoms with E-state index in [9.17, 15) is 0 Å². The first kappa shape index (κ1) is 8.65. The van der Waals surface area contributed by atoms with E-state index in [0.717, 1.165) is 0 Å². The lowest BCUT2D eigenvalue weighted by Gasteiger charge is -1.97. The summed E-state index contributed by atoms with van der Waals surface area (Å²) in [6.07, 6.45) is 1.57. The number of aliphatic hydroxyl groups is 1. The van der Waals surface area contributed by atoms with E-state index in [-0.39, 0.29) is 11.2 Å². The summed E-state index contributed by atoms with van der Waals surface area (Å²) in [5, 5.41) is 18.3. The predicted octanol–water partition coefficient (Wildman–Crippen LogP) is 0.454. The lowest BCUT2D eigenvalue weighted by atomic mass is 10.3. The third-order valence-corrected chi connectivity index (χ3v) is 1.28. The van der Waals surface area contributed by atoms with Crippen molar-refractivity contribution in [2.45, 2.75) is 0 Å². The quantitative estimate of drug-likeness (QED) is 0.570.